The van der Waals surface area contributed by atoms with Crippen molar-refractivity contribution in [2.45, 2.75) is 59.4 Å². The Labute approximate surface area is 188 Å². The molecule has 1 heterocycles. The Kier molecular flexibility index (Phi) is 7.89. The van der Waals surface area contributed by atoms with Gasteiger partial charge in [-0.2, -0.15) is 0 Å². The van der Waals surface area contributed by atoms with Crippen LogP contribution < -0.4 is 5.32 Å². The van der Waals surface area contributed by atoms with Gasteiger partial charge in [-0.15, -0.1) is 0 Å². The van der Waals surface area contributed by atoms with E-state index in [9.17, 15) is 19.3 Å². The Balaban J connectivity index is 2.22. The van der Waals surface area contributed by atoms with E-state index in [0.717, 1.165) is 18.4 Å². The molecule has 1 aliphatic heterocycles. The maximum atomic E-state index is 12.0. The fourth-order valence-electron chi connectivity index (χ4n) is 4.19. The zero-order valence-corrected chi connectivity index (χ0v) is 20.0. The topological polar surface area (TPSA) is 133 Å². The van der Waals surface area contributed by atoms with Crippen molar-refractivity contribution in [3.8, 4) is 0 Å². The minimum Gasteiger partial charge on any atom is -0.479 e. The van der Waals surface area contributed by atoms with Crippen molar-refractivity contribution < 1.29 is 33.6 Å². The van der Waals surface area contributed by atoms with Crippen molar-refractivity contribution in [1.82, 2.24) is 5.32 Å². The first-order valence-corrected chi connectivity index (χ1v) is 11.9. The molecule has 0 bridgehead atoms. The third kappa shape index (κ3) is 5.95. The summed E-state index contributed by atoms with van der Waals surface area (Å²) < 4.78 is 15.4. The lowest BCUT2D eigenvalue weighted by Crippen LogP contribution is -2.70. The number of carboxylic acid groups (broad SMARTS) is 1. The minimum absolute atomic E-state index is 0.0963. The van der Waals surface area contributed by atoms with Crippen LogP contribution in [0.15, 0.2) is 58.2 Å². The summed E-state index contributed by atoms with van der Waals surface area (Å²) in [6.07, 6.45) is 12.8. The maximum Gasteiger partial charge on any atom is 0.469 e. The van der Waals surface area contributed by atoms with E-state index < -0.39 is 31.8 Å². The van der Waals surface area contributed by atoms with Gasteiger partial charge in [0.2, 0.25) is 0 Å². The van der Waals surface area contributed by atoms with E-state index in [1.54, 1.807) is 19.1 Å². The molecule has 1 fully saturated rings. The van der Waals surface area contributed by atoms with Crippen molar-refractivity contribution in [2.75, 3.05) is 6.61 Å². The Morgan fingerprint density at radius 2 is 1.91 bits per heavy atom. The number of carboxylic acids is 1. The average Bonchev–Trinajstić information content (AvgIpc) is 2.62. The Hall–Kier alpha value is -2.25. The molecule has 0 aromatic rings. The van der Waals surface area contributed by atoms with E-state index >= 15 is 0 Å². The molecule has 1 atom stereocenters. The Morgan fingerprint density at radius 1 is 1.25 bits per heavy atom. The van der Waals surface area contributed by atoms with Gasteiger partial charge in [0.25, 0.3) is 5.91 Å². The summed E-state index contributed by atoms with van der Waals surface area (Å²) >= 11 is 0. The lowest BCUT2D eigenvalue weighted by molar-refractivity contribution is -0.152. The van der Waals surface area contributed by atoms with Crippen molar-refractivity contribution >= 4 is 19.7 Å². The molecular formula is C23H32NO7P. The second kappa shape index (κ2) is 9.71. The molecule has 0 aromatic carbocycles. The monoisotopic (exact) mass is 465 g/mol. The van der Waals surface area contributed by atoms with Gasteiger partial charge in [0.1, 0.15) is 0 Å². The van der Waals surface area contributed by atoms with Gasteiger partial charge in [0, 0.05) is 0 Å². The smallest absolute Gasteiger partial charge is 0.469 e. The first-order chi connectivity index (χ1) is 14.7. The highest BCUT2D eigenvalue weighted by Crippen LogP contribution is 2.41. The van der Waals surface area contributed by atoms with Gasteiger partial charge in [-0.3, -0.25) is 9.32 Å². The second-order valence-corrected chi connectivity index (χ2v) is 10.3. The number of nitrogens with one attached hydrogen (secondary N) is 1. The van der Waals surface area contributed by atoms with Crippen LogP contribution >= 0.6 is 7.82 Å². The van der Waals surface area contributed by atoms with Crippen molar-refractivity contribution in [1.29, 1.82) is 0 Å². The minimum atomic E-state index is -4.90. The molecule has 0 radical (unpaired) electrons. The molecule has 0 aromatic heterocycles. The van der Waals surface area contributed by atoms with E-state index in [1.165, 1.54) is 17.6 Å². The Morgan fingerprint density at radius 3 is 2.44 bits per heavy atom. The Bertz CT molecular complexity index is 994. The quantitative estimate of drug-likeness (QED) is 0.185. The highest BCUT2D eigenvalue weighted by atomic mass is 31.2. The van der Waals surface area contributed by atoms with Gasteiger partial charge in [0.05, 0.1) is 12.2 Å². The first-order valence-electron chi connectivity index (χ1n) is 10.4. The molecule has 2 aliphatic rings. The molecule has 1 amide bonds. The van der Waals surface area contributed by atoms with Gasteiger partial charge in [-0.1, -0.05) is 55.4 Å². The SMILES string of the molecule is CC1=C(/C=C/C(C)=C/C=C/C(C)=C2\C(=O)NC2(COP(=O)(O)O)C(=O)O)C(C)(C)CCC1. The van der Waals surface area contributed by atoms with Crippen LogP contribution in [0.4, 0.5) is 0 Å². The molecule has 0 spiro atoms. The van der Waals surface area contributed by atoms with Crippen LogP contribution in [0.2, 0.25) is 0 Å². The van der Waals surface area contributed by atoms with Crippen LogP contribution in [0, 0.1) is 5.41 Å². The lowest BCUT2D eigenvalue weighted by atomic mass is 9.72. The molecular weight excluding hydrogens is 433 g/mol. The standard InChI is InChI=1S/C23H32NO7P/c1-15(11-12-18-16(2)10-7-13-22(18,4)5)8-6-9-17(3)19-20(25)24-23(19,21(26)27)14-31-32(28,29)30/h6,8-9,11-12H,7,10,13-14H2,1-5H3,(H,24,25)(H,26,27)(H2,28,29,30)/b9-6+,12-11+,15-8+,19-17+. The number of phosphoric acid groups is 1. The zero-order valence-electron chi connectivity index (χ0n) is 19.1. The number of allylic oxidation sites excluding steroid dienone is 9. The van der Waals surface area contributed by atoms with E-state index in [4.69, 9.17) is 9.79 Å². The zero-order chi connectivity index (χ0) is 24.3. The summed E-state index contributed by atoms with van der Waals surface area (Å²) in [5.41, 5.74) is 2.14. The number of hydrogen-bond acceptors (Lipinski definition) is 4. The van der Waals surface area contributed by atoms with Gasteiger partial charge in [0.15, 0.2) is 5.54 Å². The molecule has 0 saturated carbocycles. The lowest BCUT2D eigenvalue weighted by Gasteiger charge is -2.41. The number of β-lactam (4-membered cyclic amide) rings is 1. The number of rotatable bonds is 8. The molecule has 1 aliphatic carbocycles. The maximum absolute atomic E-state index is 12.0. The fraction of sp³-hybridized carbons (Fsp3) is 0.478. The van der Waals surface area contributed by atoms with Gasteiger partial charge in [-0.25, -0.2) is 9.36 Å². The summed E-state index contributed by atoms with van der Waals surface area (Å²) in [4.78, 5) is 41.6. The molecule has 1 unspecified atom stereocenters. The predicted octanol–water partition coefficient (Wildman–Crippen LogP) is 3.95. The molecule has 2 rings (SSSR count). The molecule has 1 saturated heterocycles. The third-order valence-corrected chi connectivity index (χ3v) is 6.42. The van der Waals surface area contributed by atoms with Crippen LogP contribution in [-0.4, -0.2) is 38.9 Å². The van der Waals surface area contributed by atoms with E-state index in [-0.39, 0.29) is 11.0 Å². The number of phosphoric ester groups is 1. The summed E-state index contributed by atoms with van der Waals surface area (Å²) in [6.45, 7) is 9.30. The van der Waals surface area contributed by atoms with Crippen LogP contribution in [0.3, 0.4) is 0 Å². The van der Waals surface area contributed by atoms with Crippen LogP contribution in [0.1, 0.15) is 53.9 Å². The summed E-state index contributed by atoms with van der Waals surface area (Å²) in [5.74, 6) is -2.08. The van der Waals surface area contributed by atoms with Crippen molar-refractivity contribution in [3.63, 3.8) is 0 Å². The van der Waals surface area contributed by atoms with Crippen molar-refractivity contribution in [2.24, 2.45) is 5.41 Å². The van der Waals surface area contributed by atoms with E-state index in [1.807, 2.05) is 19.1 Å². The average molecular weight is 465 g/mol. The summed E-state index contributed by atoms with van der Waals surface area (Å²) in [5, 5.41) is 11.8. The molecule has 8 nitrogen and oxygen atoms in total. The van der Waals surface area contributed by atoms with Crippen molar-refractivity contribution in [3.05, 3.63) is 58.2 Å². The normalized spacial score (nSPS) is 25.8. The number of aliphatic carboxylic acids is 1. The number of carbonyl (C=O) groups is 2. The van der Waals surface area contributed by atoms with Gasteiger partial charge >= 0.3 is 13.8 Å². The van der Waals surface area contributed by atoms with Gasteiger partial charge < -0.3 is 20.2 Å². The molecule has 4 N–H and O–H groups in total. The summed E-state index contributed by atoms with van der Waals surface area (Å²) in [6, 6.07) is 0. The van der Waals surface area contributed by atoms with Crippen LogP contribution in [0.5, 0.6) is 0 Å². The van der Waals surface area contributed by atoms with E-state index in [0.29, 0.717) is 5.57 Å². The molecule has 176 valence electrons. The van der Waals surface area contributed by atoms with E-state index in [2.05, 4.69) is 36.7 Å². The largest absolute Gasteiger partial charge is 0.479 e. The first kappa shape index (κ1) is 26.0. The molecule has 32 heavy (non-hydrogen) atoms. The van der Waals surface area contributed by atoms with Crippen LogP contribution in [-0.2, 0) is 18.7 Å². The predicted molar refractivity (Wildman–Crippen MR) is 122 cm³/mol. The highest BCUT2D eigenvalue weighted by Gasteiger charge is 2.57. The third-order valence-electron chi connectivity index (χ3n) is 5.95. The fourth-order valence-corrected chi connectivity index (χ4v) is 4.55. The van der Waals surface area contributed by atoms with Crippen LogP contribution in [0.25, 0.3) is 0 Å². The molecule has 9 heteroatoms. The number of amides is 1. The van der Waals surface area contributed by atoms with Gasteiger partial charge in [-0.05, 0) is 56.6 Å². The summed E-state index contributed by atoms with van der Waals surface area (Å²) in [7, 11) is -4.90. The number of hydrogen-bond donors (Lipinski definition) is 4. The second-order valence-electron chi connectivity index (χ2n) is 9.02. The number of carbonyl (C=O) groups excluding carboxylic acids is 1. The highest BCUT2D eigenvalue weighted by molar-refractivity contribution is 7.46.